The molecule has 0 saturated carbocycles. The first-order valence-electron chi connectivity index (χ1n) is 10.6. The molecule has 12 heteroatoms. The normalized spacial score (nSPS) is 11.6. The Balaban J connectivity index is 1.35. The average Bonchev–Trinajstić information content (AvgIpc) is 3.35. The minimum absolute atomic E-state index is 0.186. The number of rotatable bonds is 9. The van der Waals surface area contributed by atoms with Gasteiger partial charge in [0.25, 0.3) is 0 Å². The molecule has 9 nitrogen and oxygen atoms in total. The Morgan fingerprint density at radius 3 is 2.40 bits per heavy atom. The molecule has 1 aromatic carbocycles. The van der Waals surface area contributed by atoms with Gasteiger partial charge in [0.2, 0.25) is 11.8 Å². The van der Waals surface area contributed by atoms with Crippen LogP contribution in [0.15, 0.2) is 59.4 Å². The predicted octanol–water partition coefficient (Wildman–Crippen LogP) is 4.16. The molecular formula is C23H22F3N7O2. The zero-order valence-electron chi connectivity index (χ0n) is 19.0. The molecule has 0 aliphatic rings. The molecule has 35 heavy (non-hydrogen) atoms. The van der Waals surface area contributed by atoms with Gasteiger partial charge in [-0.2, -0.15) is 18.2 Å². The molecule has 0 bridgehead atoms. The fourth-order valence-corrected chi connectivity index (χ4v) is 2.96. The molecule has 0 atom stereocenters. The third-order valence-electron chi connectivity index (χ3n) is 4.79. The van der Waals surface area contributed by atoms with Crippen molar-refractivity contribution in [1.82, 2.24) is 30.0 Å². The number of likely N-dealkylation sites (N-methyl/N-ethyl adjacent to an activating group) is 1. The lowest BCUT2D eigenvalue weighted by Crippen LogP contribution is -2.19. The van der Waals surface area contributed by atoms with Gasteiger partial charge in [0, 0.05) is 30.1 Å². The van der Waals surface area contributed by atoms with Crippen LogP contribution in [0.4, 0.5) is 19.1 Å². The van der Waals surface area contributed by atoms with Crippen molar-refractivity contribution in [2.45, 2.75) is 12.7 Å². The number of hydrogen-bond acceptors (Lipinski definition) is 9. The Labute approximate surface area is 199 Å². The van der Waals surface area contributed by atoms with Crippen molar-refractivity contribution in [2.24, 2.45) is 0 Å². The maximum Gasteiger partial charge on any atom is 0.471 e. The average molecular weight is 485 g/mol. The topological polar surface area (TPSA) is 102 Å². The molecule has 0 spiro atoms. The molecular weight excluding hydrogens is 463 g/mol. The van der Waals surface area contributed by atoms with Gasteiger partial charge in [-0.05, 0) is 56.6 Å². The van der Waals surface area contributed by atoms with Crippen LogP contribution in [0.3, 0.4) is 0 Å². The zero-order chi connectivity index (χ0) is 24.8. The third kappa shape index (κ3) is 6.51. The summed E-state index contributed by atoms with van der Waals surface area (Å²) in [4.78, 5) is 18.4. The number of pyridine rings is 1. The summed E-state index contributed by atoms with van der Waals surface area (Å²) >= 11 is 0. The number of nitrogens with one attached hydrogen (secondary N) is 1. The minimum atomic E-state index is -4.70. The first kappa shape index (κ1) is 24.1. The molecule has 3 aromatic heterocycles. The standard InChI is InChI=1S/C23H22F3N7O2/c1-33(2)11-12-34-18-7-4-15(5-8-18)19-9-10-27-22(30-19)29-14-17-6-3-16(13-28-17)20-31-21(35-32-20)23(24,25)26/h3-10,13H,11-12,14H2,1-2H3,(H,27,29,30). The lowest BCUT2D eigenvalue weighted by molar-refractivity contribution is -0.159. The van der Waals surface area contributed by atoms with Crippen LogP contribution in [0.5, 0.6) is 5.75 Å². The van der Waals surface area contributed by atoms with E-state index in [0.717, 1.165) is 23.6 Å². The van der Waals surface area contributed by atoms with Crippen molar-refractivity contribution in [2.75, 3.05) is 32.6 Å². The fraction of sp³-hybridized carbons (Fsp3) is 0.261. The van der Waals surface area contributed by atoms with Crippen LogP contribution in [-0.2, 0) is 12.7 Å². The maximum absolute atomic E-state index is 12.6. The first-order chi connectivity index (χ1) is 16.8. The summed E-state index contributed by atoms with van der Waals surface area (Å²) in [6, 6.07) is 12.7. The van der Waals surface area contributed by atoms with E-state index in [2.05, 4.69) is 39.8 Å². The predicted molar refractivity (Wildman–Crippen MR) is 121 cm³/mol. The van der Waals surface area contributed by atoms with Crippen molar-refractivity contribution >= 4 is 5.95 Å². The summed E-state index contributed by atoms with van der Waals surface area (Å²) in [7, 11) is 3.98. The van der Waals surface area contributed by atoms with Gasteiger partial charge in [0.1, 0.15) is 12.4 Å². The van der Waals surface area contributed by atoms with E-state index >= 15 is 0 Å². The number of aromatic nitrogens is 5. The van der Waals surface area contributed by atoms with Crippen molar-refractivity contribution in [3.05, 3.63) is 66.4 Å². The van der Waals surface area contributed by atoms with Crippen molar-refractivity contribution in [3.63, 3.8) is 0 Å². The molecule has 0 fully saturated rings. The second-order valence-corrected chi connectivity index (χ2v) is 7.75. The molecule has 0 saturated heterocycles. The van der Waals surface area contributed by atoms with Gasteiger partial charge in [-0.3, -0.25) is 4.98 Å². The Morgan fingerprint density at radius 1 is 0.971 bits per heavy atom. The van der Waals surface area contributed by atoms with Crippen molar-refractivity contribution in [1.29, 1.82) is 0 Å². The van der Waals surface area contributed by atoms with E-state index < -0.39 is 12.1 Å². The summed E-state index contributed by atoms with van der Waals surface area (Å²) in [6.45, 7) is 1.74. The largest absolute Gasteiger partial charge is 0.492 e. The number of nitrogens with zero attached hydrogens (tertiary/aromatic N) is 6. The van der Waals surface area contributed by atoms with E-state index in [0.29, 0.717) is 30.4 Å². The lowest BCUT2D eigenvalue weighted by Gasteiger charge is -2.11. The zero-order valence-corrected chi connectivity index (χ0v) is 19.0. The quantitative estimate of drug-likeness (QED) is 0.374. The Bertz CT molecular complexity index is 1240. The summed E-state index contributed by atoms with van der Waals surface area (Å²) < 4.78 is 47.8. The van der Waals surface area contributed by atoms with Gasteiger partial charge in [-0.25, -0.2) is 9.97 Å². The number of hydrogen-bond donors (Lipinski definition) is 1. The molecule has 1 N–H and O–H groups in total. The number of benzene rings is 1. The summed E-state index contributed by atoms with van der Waals surface area (Å²) in [5, 5.41) is 6.44. The summed E-state index contributed by atoms with van der Waals surface area (Å²) in [6.07, 6.45) is -1.67. The number of ether oxygens (including phenoxy) is 1. The highest BCUT2D eigenvalue weighted by Crippen LogP contribution is 2.29. The van der Waals surface area contributed by atoms with Crippen molar-refractivity contribution in [3.8, 4) is 28.4 Å². The number of alkyl halides is 3. The highest BCUT2D eigenvalue weighted by Gasteiger charge is 2.38. The lowest BCUT2D eigenvalue weighted by atomic mass is 10.1. The third-order valence-corrected chi connectivity index (χ3v) is 4.79. The molecule has 4 aromatic rings. The minimum Gasteiger partial charge on any atom is -0.492 e. The van der Waals surface area contributed by atoms with E-state index in [9.17, 15) is 13.2 Å². The molecule has 0 aliphatic heterocycles. The van der Waals surface area contributed by atoms with Crippen LogP contribution in [0.25, 0.3) is 22.6 Å². The molecule has 3 heterocycles. The molecule has 0 amide bonds. The maximum atomic E-state index is 12.6. The Kier molecular flexibility index (Phi) is 7.20. The van der Waals surface area contributed by atoms with Crippen molar-refractivity contribution < 1.29 is 22.4 Å². The van der Waals surface area contributed by atoms with Crippen LogP contribution in [-0.4, -0.2) is 57.2 Å². The monoisotopic (exact) mass is 485 g/mol. The molecule has 0 aliphatic carbocycles. The molecule has 0 radical (unpaired) electrons. The van der Waals surface area contributed by atoms with E-state index in [-0.39, 0.29) is 5.82 Å². The second-order valence-electron chi connectivity index (χ2n) is 7.75. The van der Waals surface area contributed by atoms with Gasteiger partial charge in [-0.15, -0.1) is 0 Å². The highest BCUT2D eigenvalue weighted by atomic mass is 19.4. The van der Waals surface area contributed by atoms with Gasteiger partial charge in [0.15, 0.2) is 0 Å². The highest BCUT2D eigenvalue weighted by molar-refractivity contribution is 5.61. The SMILES string of the molecule is CN(C)CCOc1ccc(-c2ccnc(NCc3ccc(-c4noc(C(F)(F)F)n4)cn3)n2)cc1. The Morgan fingerprint density at radius 2 is 1.74 bits per heavy atom. The second kappa shape index (κ2) is 10.5. The van der Waals surface area contributed by atoms with Crippen LogP contribution >= 0.6 is 0 Å². The van der Waals surface area contributed by atoms with Gasteiger partial charge in [-0.1, -0.05) is 5.16 Å². The number of anilines is 1. The first-order valence-corrected chi connectivity index (χ1v) is 10.6. The number of halogens is 3. The fourth-order valence-electron chi connectivity index (χ4n) is 2.96. The summed E-state index contributed by atoms with van der Waals surface area (Å²) in [5.74, 6) is -0.392. The van der Waals surface area contributed by atoms with E-state index in [1.54, 1.807) is 24.4 Å². The summed E-state index contributed by atoms with van der Waals surface area (Å²) in [5.41, 5.74) is 2.58. The molecule has 4 rings (SSSR count). The van der Waals surface area contributed by atoms with Gasteiger partial charge < -0.3 is 19.5 Å². The smallest absolute Gasteiger partial charge is 0.471 e. The molecule has 0 unspecified atom stereocenters. The van der Waals surface area contributed by atoms with Gasteiger partial charge in [0.05, 0.1) is 17.9 Å². The van der Waals surface area contributed by atoms with Gasteiger partial charge >= 0.3 is 12.1 Å². The molecule has 182 valence electrons. The van der Waals surface area contributed by atoms with Crippen LogP contribution in [0.1, 0.15) is 11.6 Å². The van der Waals surface area contributed by atoms with E-state index in [1.165, 1.54) is 6.20 Å². The van der Waals surface area contributed by atoms with Crippen LogP contribution in [0, 0.1) is 0 Å². The van der Waals surface area contributed by atoms with E-state index in [4.69, 9.17) is 4.74 Å². The van der Waals surface area contributed by atoms with Crippen LogP contribution < -0.4 is 10.1 Å². The van der Waals surface area contributed by atoms with Crippen LogP contribution in [0.2, 0.25) is 0 Å². The van der Waals surface area contributed by atoms with E-state index in [1.807, 2.05) is 38.4 Å². The Hall–Kier alpha value is -4.06.